The monoisotopic (exact) mass is 523 g/mol. The minimum absolute atomic E-state index is 0. The standard InChI is InChI=1S/Hf.La.Mo.O.Zr. The van der Waals surface area contributed by atoms with E-state index in [4.69, 9.17) is 3.40 Å². The Bertz CT molecular complexity index is 11.6. The smallest absolute Gasteiger partial charge is 0 e. The van der Waals surface area contributed by atoms with E-state index in [0.29, 0.717) is 19.8 Å². The molecular weight excluding hydrogens is 521 g/mol. The van der Waals surface area contributed by atoms with Gasteiger partial charge in [0.25, 0.3) is 0 Å². The van der Waals surface area contributed by atoms with E-state index < -0.39 is 0 Å². The first-order valence-electron chi connectivity index (χ1n) is 0.167. The normalized spacial score (nSPS) is 0.800. The number of hydrogen-bond donors (Lipinski definition) is 0. The Balaban J connectivity index is -0.00000000167. The molecule has 0 fully saturated rings. The molecule has 0 saturated carbocycles. The van der Waals surface area contributed by atoms with E-state index in [9.17, 15) is 0 Å². The van der Waals surface area contributed by atoms with Crippen molar-refractivity contribution in [2.75, 3.05) is 0 Å². The van der Waals surface area contributed by atoms with Gasteiger partial charge in [-0.05, 0) is 0 Å². The largest absolute Gasteiger partial charge is 0 e. The van der Waals surface area contributed by atoms with Crippen LogP contribution in [0.4, 0.5) is 0 Å². The van der Waals surface area contributed by atoms with E-state index in [-0.39, 0.29) is 87.6 Å². The molecule has 0 bridgehead atoms. The quantitative estimate of drug-likeness (QED) is 0.407. The van der Waals surface area contributed by atoms with Crippen LogP contribution in [0.2, 0.25) is 0 Å². The van der Waals surface area contributed by atoms with Crippen LogP contribution in [0.15, 0.2) is 0 Å². The molecule has 0 aromatic rings. The van der Waals surface area contributed by atoms with Gasteiger partial charge >= 0.3 is 23.2 Å². The van der Waals surface area contributed by atoms with Crippen molar-refractivity contribution in [2.45, 2.75) is 0 Å². The Morgan fingerprint density at radius 1 is 1.20 bits per heavy atom. The summed E-state index contributed by atoms with van der Waals surface area (Å²) in [4.78, 5) is 0. The van der Waals surface area contributed by atoms with Gasteiger partial charge in [-0.2, -0.15) is 0 Å². The molecule has 0 aliphatic rings. The molecular formula is HfLaMoOZr. The molecule has 0 amide bonds. The maximum Gasteiger partial charge on any atom is 0 e. The molecule has 0 spiro atoms. The van der Waals surface area contributed by atoms with Crippen molar-refractivity contribution < 1.29 is 111 Å². The zero-order valence-corrected chi connectivity index (χ0v) is 14.1. The Kier molecular flexibility index (Phi) is 124. The summed E-state index contributed by atoms with van der Waals surface area (Å²) in [6.45, 7) is 0. The molecule has 0 aliphatic carbocycles. The third-order valence-corrected chi connectivity index (χ3v) is 0. The van der Waals surface area contributed by atoms with Crippen LogP contribution in [0.1, 0.15) is 0 Å². The second-order valence-electron chi connectivity index (χ2n) is 0. The van der Waals surface area contributed by atoms with Crippen LogP contribution in [0.5, 0.6) is 0 Å². The summed E-state index contributed by atoms with van der Waals surface area (Å²) in [6.07, 6.45) is 0. The third kappa shape index (κ3) is 18.6. The molecule has 0 aromatic carbocycles. The van der Waals surface area contributed by atoms with Crippen molar-refractivity contribution in [3.63, 3.8) is 0 Å². The van der Waals surface area contributed by atoms with Crippen molar-refractivity contribution in [2.24, 2.45) is 0 Å². The first-order valence-corrected chi connectivity index (χ1v) is 0.986. The SMILES string of the molecule is [Hf].[La].[O]=[Mo].[Zr]. The molecule has 0 atom stereocenters. The van der Waals surface area contributed by atoms with Crippen LogP contribution in [-0.4, -0.2) is 0 Å². The van der Waals surface area contributed by atoms with E-state index in [1.54, 1.807) is 0 Å². The Labute approximate surface area is 108 Å². The van der Waals surface area contributed by atoms with Crippen LogP contribution in [-0.2, 0) is 75.2 Å². The van der Waals surface area contributed by atoms with Crippen molar-refractivity contribution in [1.82, 2.24) is 0 Å². The molecule has 5 heavy (non-hydrogen) atoms. The Morgan fingerprint density at radius 3 is 1.20 bits per heavy atom. The van der Waals surface area contributed by atoms with Gasteiger partial charge in [0.1, 0.15) is 0 Å². The Morgan fingerprint density at radius 2 is 1.20 bits per heavy atom. The summed E-state index contributed by atoms with van der Waals surface area (Å²) < 4.78 is 8.26. The van der Waals surface area contributed by atoms with E-state index >= 15 is 0 Å². The van der Waals surface area contributed by atoms with Crippen molar-refractivity contribution >= 4 is 0 Å². The zero-order valence-electron chi connectivity index (χ0n) is 2.39. The predicted octanol–water partition coefficient (Wildman–Crippen LogP) is -0.126. The molecule has 0 heterocycles. The van der Waals surface area contributed by atoms with Crippen LogP contribution in [0.3, 0.4) is 0 Å². The minimum Gasteiger partial charge on any atom is 0 e. The molecule has 0 rings (SSSR count). The van der Waals surface area contributed by atoms with E-state index in [0.717, 1.165) is 0 Å². The molecule has 0 aliphatic heterocycles. The zero-order chi connectivity index (χ0) is 2.00. The molecule has 5 heteroatoms. The average Bonchev–Trinajstić information content (AvgIpc) is 1.00. The first kappa shape index (κ1) is 23.7. The van der Waals surface area contributed by atoms with Gasteiger partial charge in [-0.3, -0.25) is 0 Å². The maximum atomic E-state index is 8.26. The topological polar surface area (TPSA) is 17.1 Å². The van der Waals surface area contributed by atoms with E-state index in [1.165, 1.54) is 0 Å². The van der Waals surface area contributed by atoms with Crippen LogP contribution in [0, 0.1) is 35.6 Å². The minimum atomic E-state index is 0. The summed E-state index contributed by atoms with van der Waals surface area (Å²) in [5.74, 6) is 0. The molecule has 0 aromatic heterocycles. The fourth-order valence-electron chi connectivity index (χ4n) is 0. The van der Waals surface area contributed by atoms with Gasteiger partial charge in [0, 0.05) is 87.6 Å². The van der Waals surface area contributed by atoms with Gasteiger partial charge in [-0.25, -0.2) is 0 Å². The average molecular weight is 521 g/mol. The van der Waals surface area contributed by atoms with Crippen molar-refractivity contribution in [3.05, 3.63) is 0 Å². The fraction of sp³-hybridized carbons (Fsp3) is 0. The number of rotatable bonds is 0. The van der Waals surface area contributed by atoms with Gasteiger partial charge in [0.2, 0.25) is 0 Å². The summed E-state index contributed by atoms with van der Waals surface area (Å²) in [5.41, 5.74) is 0. The summed E-state index contributed by atoms with van der Waals surface area (Å²) >= 11 is 0.700. The van der Waals surface area contributed by atoms with Gasteiger partial charge in [-0.15, -0.1) is 0 Å². The second-order valence-corrected chi connectivity index (χ2v) is 0. The molecule has 0 N–H and O–H groups in total. The van der Waals surface area contributed by atoms with Crippen molar-refractivity contribution in [1.29, 1.82) is 0 Å². The first-order chi connectivity index (χ1) is 1.00. The van der Waals surface area contributed by atoms with Gasteiger partial charge in [0.05, 0.1) is 0 Å². The Hall–Kier alpha value is 3.44. The van der Waals surface area contributed by atoms with Crippen molar-refractivity contribution in [3.8, 4) is 0 Å². The van der Waals surface area contributed by atoms with Gasteiger partial charge < -0.3 is 0 Å². The van der Waals surface area contributed by atoms with Gasteiger partial charge in [-0.1, -0.05) is 0 Å². The maximum absolute atomic E-state index is 8.26. The molecule has 1 radical (unpaired) electrons. The fourth-order valence-corrected chi connectivity index (χ4v) is 0. The van der Waals surface area contributed by atoms with Gasteiger partial charge in [0.15, 0.2) is 0 Å². The van der Waals surface area contributed by atoms with Crippen LogP contribution < -0.4 is 0 Å². The van der Waals surface area contributed by atoms with E-state index in [1.807, 2.05) is 0 Å². The summed E-state index contributed by atoms with van der Waals surface area (Å²) in [5, 5.41) is 0. The third-order valence-electron chi connectivity index (χ3n) is 0. The van der Waals surface area contributed by atoms with Crippen LogP contribution in [0.25, 0.3) is 0 Å². The number of hydrogen-bond acceptors (Lipinski definition) is 1. The molecule has 0 unspecified atom stereocenters. The van der Waals surface area contributed by atoms with Crippen LogP contribution >= 0.6 is 0 Å². The molecule has 23 valence electrons. The summed E-state index contributed by atoms with van der Waals surface area (Å²) in [6, 6.07) is 0. The predicted molar refractivity (Wildman–Crippen MR) is 0.686 cm³/mol. The summed E-state index contributed by atoms with van der Waals surface area (Å²) in [7, 11) is 0. The molecule has 0 saturated heterocycles. The van der Waals surface area contributed by atoms with E-state index in [2.05, 4.69) is 0 Å². The second kappa shape index (κ2) is 26.1. The molecule has 1 nitrogen and oxygen atoms in total.